The summed E-state index contributed by atoms with van der Waals surface area (Å²) in [6.45, 7) is 2.76. The van der Waals surface area contributed by atoms with Crippen LogP contribution in [-0.2, 0) is 4.79 Å². The van der Waals surface area contributed by atoms with Crippen LogP contribution in [-0.4, -0.2) is 42.2 Å². The van der Waals surface area contributed by atoms with E-state index in [2.05, 4.69) is 21.2 Å². The number of nitrogens with one attached hydrogen (secondary N) is 1. The maximum absolute atomic E-state index is 11.7. The zero-order valence-corrected chi connectivity index (χ0v) is 12.3. The molecule has 1 atom stereocenters. The largest absolute Gasteiger partial charge is 0.393 e. The Morgan fingerprint density at radius 3 is 2.89 bits per heavy atom. The summed E-state index contributed by atoms with van der Waals surface area (Å²) in [7, 11) is 1.86. The minimum Gasteiger partial charge on any atom is -0.393 e. The van der Waals surface area contributed by atoms with E-state index in [1.54, 1.807) is 6.92 Å². The van der Waals surface area contributed by atoms with Crippen molar-refractivity contribution in [2.75, 3.05) is 25.5 Å². The molecule has 1 aromatic carbocycles. The highest BCUT2D eigenvalue weighted by molar-refractivity contribution is 9.10. The van der Waals surface area contributed by atoms with Gasteiger partial charge < -0.3 is 10.4 Å². The zero-order chi connectivity index (χ0) is 13.5. The summed E-state index contributed by atoms with van der Waals surface area (Å²) in [4.78, 5) is 13.6. The van der Waals surface area contributed by atoms with Gasteiger partial charge in [-0.3, -0.25) is 9.69 Å². The summed E-state index contributed by atoms with van der Waals surface area (Å²) >= 11 is 3.35. The van der Waals surface area contributed by atoms with Crippen molar-refractivity contribution in [3.8, 4) is 0 Å². The highest BCUT2D eigenvalue weighted by Crippen LogP contribution is 2.15. The first-order chi connectivity index (χ1) is 8.47. The second-order valence-corrected chi connectivity index (χ2v) is 5.35. The summed E-state index contributed by atoms with van der Waals surface area (Å²) in [6, 6.07) is 7.48. The Labute approximate surface area is 116 Å². The molecule has 4 nitrogen and oxygen atoms in total. The van der Waals surface area contributed by atoms with Crippen LogP contribution in [0.4, 0.5) is 5.69 Å². The van der Waals surface area contributed by atoms with Gasteiger partial charge in [0.05, 0.1) is 12.6 Å². The second-order valence-electron chi connectivity index (χ2n) is 4.43. The van der Waals surface area contributed by atoms with E-state index in [1.165, 1.54) is 0 Å². The molecule has 0 radical (unpaired) electrons. The third-order valence-corrected chi connectivity index (χ3v) is 2.94. The maximum Gasteiger partial charge on any atom is 0.238 e. The van der Waals surface area contributed by atoms with Crippen molar-refractivity contribution < 1.29 is 9.90 Å². The summed E-state index contributed by atoms with van der Waals surface area (Å²) in [5, 5.41) is 12.0. The van der Waals surface area contributed by atoms with E-state index in [4.69, 9.17) is 5.11 Å². The average molecular weight is 315 g/mol. The molecule has 0 fully saturated rings. The third-order valence-electron chi connectivity index (χ3n) is 2.45. The molecule has 0 heterocycles. The van der Waals surface area contributed by atoms with Crippen molar-refractivity contribution in [1.82, 2.24) is 4.90 Å². The van der Waals surface area contributed by atoms with E-state index in [-0.39, 0.29) is 12.0 Å². The fourth-order valence-corrected chi connectivity index (χ4v) is 1.90. The molecule has 18 heavy (non-hydrogen) atoms. The van der Waals surface area contributed by atoms with E-state index in [0.717, 1.165) is 10.2 Å². The van der Waals surface area contributed by atoms with Gasteiger partial charge in [0.2, 0.25) is 5.91 Å². The van der Waals surface area contributed by atoms with Crippen LogP contribution in [0.2, 0.25) is 0 Å². The third kappa shape index (κ3) is 6.14. The molecular weight excluding hydrogens is 296 g/mol. The van der Waals surface area contributed by atoms with E-state index in [1.807, 2.05) is 36.2 Å². The fourth-order valence-electron chi connectivity index (χ4n) is 1.50. The highest BCUT2D eigenvalue weighted by Gasteiger charge is 2.08. The lowest BCUT2D eigenvalue weighted by Crippen LogP contribution is -2.32. The van der Waals surface area contributed by atoms with Gasteiger partial charge in [-0.05, 0) is 38.6 Å². The quantitative estimate of drug-likeness (QED) is 0.845. The number of aliphatic hydroxyl groups excluding tert-OH is 1. The van der Waals surface area contributed by atoms with Crippen LogP contribution in [0.5, 0.6) is 0 Å². The van der Waals surface area contributed by atoms with E-state index >= 15 is 0 Å². The summed E-state index contributed by atoms with van der Waals surface area (Å²) in [6.07, 6.45) is 0.335. The molecule has 0 aromatic heterocycles. The zero-order valence-electron chi connectivity index (χ0n) is 10.7. The SMILES string of the molecule is CC(O)CCN(C)CC(=O)Nc1cccc(Br)c1. The van der Waals surface area contributed by atoms with Crippen molar-refractivity contribution in [2.45, 2.75) is 19.4 Å². The molecule has 0 spiro atoms. The Hall–Kier alpha value is -0.910. The van der Waals surface area contributed by atoms with E-state index in [9.17, 15) is 4.79 Å². The Bertz CT molecular complexity index is 396. The molecule has 1 amide bonds. The second kappa shape index (κ2) is 7.51. The van der Waals surface area contributed by atoms with Crippen molar-refractivity contribution in [2.24, 2.45) is 0 Å². The number of hydrogen-bond acceptors (Lipinski definition) is 3. The summed E-state index contributed by atoms with van der Waals surface area (Å²) in [5.41, 5.74) is 0.776. The van der Waals surface area contributed by atoms with Gasteiger partial charge in [0.15, 0.2) is 0 Å². The molecule has 0 aliphatic heterocycles. The van der Waals surface area contributed by atoms with Gasteiger partial charge in [-0.1, -0.05) is 22.0 Å². The number of halogens is 1. The fraction of sp³-hybridized carbons (Fsp3) is 0.462. The molecule has 1 rings (SSSR count). The van der Waals surface area contributed by atoms with Crippen LogP contribution >= 0.6 is 15.9 Å². The molecule has 2 N–H and O–H groups in total. The minimum absolute atomic E-state index is 0.0545. The lowest BCUT2D eigenvalue weighted by molar-refractivity contribution is -0.117. The lowest BCUT2D eigenvalue weighted by Gasteiger charge is -2.17. The lowest BCUT2D eigenvalue weighted by atomic mass is 10.3. The number of benzene rings is 1. The normalized spacial score (nSPS) is 12.5. The van der Waals surface area contributed by atoms with Gasteiger partial charge in [-0.15, -0.1) is 0 Å². The van der Waals surface area contributed by atoms with Crippen LogP contribution in [0.3, 0.4) is 0 Å². The Balaban J connectivity index is 2.37. The van der Waals surface area contributed by atoms with Gasteiger partial charge in [-0.2, -0.15) is 0 Å². The Morgan fingerprint density at radius 2 is 2.28 bits per heavy atom. The first-order valence-electron chi connectivity index (χ1n) is 5.89. The first kappa shape index (κ1) is 15.1. The summed E-state index contributed by atoms with van der Waals surface area (Å²) < 4.78 is 0.933. The number of nitrogens with zero attached hydrogens (tertiary/aromatic N) is 1. The van der Waals surface area contributed by atoms with Gasteiger partial charge in [0.25, 0.3) is 0 Å². The standard InChI is InChI=1S/C13H19BrN2O2/c1-10(17)6-7-16(2)9-13(18)15-12-5-3-4-11(14)8-12/h3-5,8,10,17H,6-7,9H2,1-2H3,(H,15,18). The van der Waals surface area contributed by atoms with Crippen LogP contribution in [0.25, 0.3) is 0 Å². The minimum atomic E-state index is -0.333. The Kier molecular flexibility index (Phi) is 6.32. The molecule has 1 unspecified atom stereocenters. The topological polar surface area (TPSA) is 52.6 Å². The average Bonchev–Trinajstić information content (AvgIpc) is 2.26. The van der Waals surface area contributed by atoms with Gasteiger partial charge in [0.1, 0.15) is 0 Å². The van der Waals surface area contributed by atoms with E-state index < -0.39 is 0 Å². The summed E-state index contributed by atoms with van der Waals surface area (Å²) in [5.74, 6) is -0.0545. The predicted molar refractivity (Wildman–Crippen MR) is 76.6 cm³/mol. The molecule has 0 aliphatic carbocycles. The molecule has 0 bridgehead atoms. The van der Waals surface area contributed by atoms with Gasteiger partial charge in [0, 0.05) is 16.7 Å². The van der Waals surface area contributed by atoms with Crippen molar-refractivity contribution >= 4 is 27.5 Å². The Morgan fingerprint density at radius 1 is 1.56 bits per heavy atom. The number of hydrogen-bond donors (Lipinski definition) is 2. The number of amides is 1. The van der Waals surface area contributed by atoms with Crippen LogP contribution < -0.4 is 5.32 Å². The molecular formula is C13H19BrN2O2. The highest BCUT2D eigenvalue weighted by atomic mass is 79.9. The number of likely N-dealkylation sites (N-methyl/N-ethyl adjacent to an activating group) is 1. The monoisotopic (exact) mass is 314 g/mol. The number of rotatable bonds is 6. The maximum atomic E-state index is 11.7. The molecule has 1 aromatic rings. The van der Waals surface area contributed by atoms with Crippen molar-refractivity contribution in [3.05, 3.63) is 28.7 Å². The molecule has 0 aliphatic rings. The van der Waals surface area contributed by atoms with Crippen molar-refractivity contribution in [1.29, 1.82) is 0 Å². The van der Waals surface area contributed by atoms with E-state index in [0.29, 0.717) is 19.5 Å². The number of aliphatic hydroxyl groups is 1. The molecule has 0 saturated heterocycles. The first-order valence-corrected chi connectivity index (χ1v) is 6.68. The predicted octanol–water partition coefficient (Wildman–Crippen LogP) is 2.09. The molecule has 5 heteroatoms. The van der Waals surface area contributed by atoms with Crippen molar-refractivity contribution in [3.63, 3.8) is 0 Å². The number of carbonyl (C=O) groups is 1. The van der Waals surface area contributed by atoms with Gasteiger partial charge in [-0.25, -0.2) is 0 Å². The number of carbonyl (C=O) groups excluding carboxylic acids is 1. The molecule has 0 saturated carbocycles. The smallest absolute Gasteiger partial charge is 0.238 e. The van der Waals surface area contributed by atoms with Crippen LogP contribution in [0.1, 0.15) is 13.3 Å². The number of anilines is 1. The molecule has 100 valence electrons. The van der Waals surface area contributed by atoms with Crippen LogP contribution in [0, 0.1) is 0 Å². The van der Waals surface area contributed by atoms with Crippen LogP contribution in [0.15, 0.2) is 28.7 Å². The van der Waals surface area contributed by atoms with Gasteiger partial charge >= 0.3 is 0 Å².